The number of hydrogen-bond acceptors (Lipinski definition) is 5. The number of hydrogen-bond donors (Lipinski definition) is 1. The Balaban J connectivity index is 1.52. The number of rotatable bonds is 5. The first kappa shape index (κ1) is 21.6. The monoisotopic (exact) mass is 480 g/mol. The van der Waals surface area contributed by atoms with Crippen LogP contribution in [0.15, 0.2) is 59.6 Å². The van der Waals surface area contributed by atoms with Crippen molar-refractivity contribution >= 4 is 33.0 Å². The number of carbonyl (C=O) groups is 1. The quantitative estimate of drug-likeness (QED) is 0.459. The van der Waals surface area contributed by atoms with Gasteiger partial charge in [-0.25, -0.2) is 8.42 Å². The van der Waals surface area contributed by atoms with E-state index in [0.717, 1.165) is 35.8 Å². The van der Waals surface area contributed by atoms with Crippen LogP contribution in [0.3, 0.4) is 0 Å². The fraction of sp³-hybridized carbons (Fsp3) is 0.208. The van der Waals surface area contributed by atoms with Gasteiger partial charge in [-0.3, -0.25) is 9.20 Å². The number of aromatic nitrogens is 3. The molecule has 1 aliphatic rings. The molecule has 0 unspecified atom stereocenters. The van der Waals surface area contributed by atoms with Crippen molar-refractivity contribution in [2.75, 3.05) is 6.26 Å². The van der Waals surface area contributed by atoms with E-state index >= 15 is 0 Å². The zero-order chi connectivity index (χ0) is 23.3. The first-order valence-corrected chi connectivity index (χ1v) is 12.7. The number of carbonyl (C=O) groups excluding carboxylic acids is 1. The van der Waals surface area contributed by atoms with Crippen molar-refractivity contribution in [3.05, 3.63) is 70.9 Å². The van der Waals surface area contributed by atoms with Crippen molar-refractivity contribution in [3.8, 4) is 22.5 Å². The molecule has 1 amide bonds. The van der Waals surface area contributed by atoms with E-state index in [-0.39, 0.29) is 15.8 Å². The molecule has 7 nitrogen and oxygen atoms in total. The highest BCUT2D eigenvalue weighted by molar-refractivity contribution is 7.90. The van der Waals surface area contributed by atoms with Gasteiger partial charge < -0.3 is 5.32 Å². The van der Waals surface area contributed by atoms with Gasteiger partial charge in [0.1, 0.15) is 0 Å². The van der Waals surface area contributed by atoms with E-state index in [1.807, 2.05) is 43.5 Å². The van der Waals surface area contributed by atoms with Gasteiger partial charge >= 0.3 is 0 Å². The molecule has 1 N–H and O–H groups in total. The minimum atomic E-state index is -3.36. The highest BCUT2D eigenvalue weighted by atomic mass is 35.5. The molecule has 1 fully saturated rings. The standard InChI is InChI=1S/C24H21ClN4O3S/c1-14-3-4-16(24(30)26-17-5-6-17)11-20(14)15-9-10-29-22(12-15)27-28-23(29)19-8-7-18(13-21(19)25)33(2,31)32/h3-4,7-13,17H,5-6H2,1-2H3,(H,26,30). The number of nitrogens with one attached hydrogen (secondary N) is 1. The van der Waals surface area contributed by atoms with Crippen LogP contribution in [-0.2, 0) is 9.84 Å². The van der Waals surface area contributed by atoms with E-state index in [9.17, 15) is 13.2 Å². The normalized spacial score (nSPS) is 13.9. The second-order valence-corrected chi connectivity index (χ2v) is 10.8. The Hall–Kier alpha value is -3.23. The maximum atomic E-state index is 12.5. The zero-order valence-electron chi connectivity index (χ0n) is 18.0. The number of aryl methyl sites for hydroxylation is 1. The van der Waals surface area contributed by atoms with Crippen molar-refractivity contribution in [1.29, 1.82) is 0 Å². The lowest BCUT2D eigenvalue weighted by Gasteiger charge is -2.10. The second-order valence-electron chi connectivity index (χ2n) is 8.36. The third kappa shape index (κ3) is 4.24. The third-order valence-electron chi connectivity index (χ3n) is 5.74. The molecule has 9 heteroatoms. The van der Waals surface area contributed by atoms with Crippen molar-refractivity contribution < 1.29 is 13.2 Å². The molecule has 4 aromatic rings. The van der Waals surface area contributed by atoms with E-state index in [1.165, 1.54) is 12.1 Å². The van der Waals surface area contributed by atoms with Gasteiger partial charge in [0.2, 0.25) is 0 Å². The maximum Gasteiger partial charge on any atom is 0.251 e. The summed E-state index contributed by atoms with van der Waals surface area (Å²) in [5, 5.41) is 11.9. The molecule has 0 bridgehead atoms. The molecule has 0 radical (unpaired) electrons. The molecule has 1 saturated carbocycles. The Morgan fingerprint density at radius 1 is 1.06 bits per heavy atom. The molecule has 2 aromatic heterocycles. The highest BCUT2D eigenvalue weighted by Gasteiger charge is 2.24. The minimum Gasteiger partial charge on any atom is -0.349 e. The first-order chi connectivity index (χ1) is 15.7. The van der Waals surface area contributed by atoms with Gasteiger partial charge in [0.15, 0.2) is 21.3 Å². The summed E-state index contributed by atoms with van der Waals surface area (Å²) >= 11 is 6.38. The number of benzene rings is 2. The Bertz CT molecular complexity index is 1520. The Kier molecular flexibility index (Phi) is 5.22. The SMILES string of the molecule is Cc1ccc(C(=O)NC2CC2)cc1-c1ccn2c(-c3ccc(S(C)(=O)=O)cc3Cl)nnc2c1. The van der Waals surface area contributed by atoms with Crippen molar-refractivity contribution in [2.24, 2.45) is 0 Å². The van der Waals surface area contributed by atoms with Crippen LogP contribution < -0.4 is 5.32 Å². The van der Waals surface area contributed by atoms with Gasteiger partial charge in [0.25, 0.3) is 5.91 Å². The predicted molar refractivity (Wildman–Crippen MR) is 127 cm³/mol. The molecule has 0 atom stereocenters. The maximum absolute atomic E-state index is 12.5. The van der Waals surface area contributed by atoms with Crippen LogP contribution in [0.4, 0.5) is 0 Å². The number of pyridine rings is 1. The van der Waals surface area contributed by atoms with Crippen LogP contribution >= 0.6 is 11.6 Å². The van der Waals surface area contributed by atoms with E-state index in [0.29, 0.717) is 28.6 Å². The van der Waals surface area contributed by atoms with Gasteiger partial charge in [-0.05, 0) is 78.9 Å². The average Bonchev–Trinajstić information content (AvgIpc) is 3.49. The van der Waals surface area contributed by atoms with Crippen LogP contribution in [0.25, 0.3) is 28.2 Å². The molecule has 2 heterocycles. The zero-order valence-corrected chi connectivity index (χ0v) is 19.6. The van der Waals surface area contributed by atoms with Gasteiger partial charge in [-0.15, -0.1) is 10.2 Å². The van der Waals surface area contributed by atoms with Crippen LogP contribution in [0.1, 0.15) is 28.8 Å². The summed E-state index contributed by atoms with van der Waals surface area (Å²) in [5.41, 5.74) is 4.72. The van der Waals surface area contributed by atoms with Crippen LogP contribution in [-0.4, -0.2) is 41.2 Å². The number of halogens is 1. The van der Waals surface area contributed by atoms with E-state index in [2.05, 4.69) is 15.5 Å². The molecule has 0 saturated heterocycles. The van der Waals surface area contributed by atoms with Gasteiger partial charge in [-0.1, -0.05) is 17.7 Å². The van der Waals surface area contributed by atoms with Gasteiger partial charge in [-0.2, -0.15) is 0 Å². The molecule has 5 rings (SSSR count). The van der Waals surface area contributed by atoms with Crippen molar-refractivity contribution in [3.63, 3.8) is 0 Å². The number of nitrogens with zero attached hydrogens (tertiary/aromatic N) is 3. The molecule has 1 aliphatic carbocycles. The summed E-state index contributed by atoms with van der Waals surface area (Å²) in [5.74, 6) is 0.452. The molecular weight excluding hydrogens is 460 g/mol. The predicted octanol–water partition coefficient (Wildman–Crippen LogP) is 4.32. The average molecular weight is 481 g/mol. The first-order valence-electron chi connectivity index (χ1n) is 10.5. The molecular formula is C24H21ClN4O3S. The van der Waals surface area contributed by atoms with Crippen LogP contribution in [0.5, 0.6) is 0 Å². The largest absolute Gasteiger partial charge is 0.349 e. The summed E-state index contributed by atoms with van der Waals surface area (Å²) in [4.78, 5) is 12.6. The Labute approximate surface area is 196 Å². The fourth-order valence-electron chi connectivity index (χ4n) is 3.72. The Morgan fingerprint density at radius 3 is 2.55 bits per heavy atom. The molecule has 2 aromatic carbocycles. The topological polar surface area (TPSA) is 93.4 Å². The fourth-order valence-corrected chi connectivity index (χ4v) is 4.70. The van der Waals surface area contributed by atoms with Gasteiger partial charge in [0.05, 0.1) is 9.92 Å². The van der Waals surface area contributed by atoms with Gasteiger partial charge in [0, 0.05) is 29.6 Å². The summed E-state index contributed by atoms with van der Waals surface area (Å²) in [7, 11) is -3.36. The molecule has 168 valence electrons. The summed E-state index contributed by atoms with van der Waals surface area (Å²) in [6.07, 6.45) is 5.06. The van der Waals surface area contributed by atoms with E-state index in [4.69, 9.17) is 11.6 Å². The Morgan fingerprint density at radius 2 is 1.85 bits per heavy atom. The lowest BCUT2D eigenvalue weighted by molar-refractivity contribution is 0.0951. The van der Waals surface area contributed by atoms with E-state index < -0.39 is 9.84 Å². The van der Waals surface area contributed by atoms with E-state index in [1.54, 1.807) is 10.5 Å². The smallest absolute Gasteiger partial charge is 0.251 e. The minimum absolute atomic E-state index is 0.0585. The molecule has 0 aliphatic heterocycles. The third-order valence-corrected chi connectivity index (χ3v) is 7.17. The number of amides is 1. The number of sulfone groups is 1. The summed E-state index contributed by atoms with van der Waals surface area (Å²) in [6, 6.07) is 14.4. The molecule has 0 spiro atoms. The highest BCUT2D eigenvalue weighted by Crippen LogP contribution is 2.31. The lowest BCUT2D eigenvalue weighted by Crippen LogP contribution is -2.25. The van der Waals surface area contributed by atoms with Crippen molar-refractivity contribution in [2.45, 2.75) is 30.7 Å². The van der Waals surface area contributed by atoms with Crippen LogP contribution in [0.2, 0.25) is 5.02 Å². The number of fused-ring (bicyclic) bond motifs is 1. The summed E-state index contributed by atoms with van der Waals surface area (Å²) < 4.78 is 25.4. The summed E-state index contributed by atoms with van der Waals surface area (Å²) in [6.45, 7) is 2.00. The lowest BCUT2D eigenvalue weighted by atomic mass is 9.98. The van der Waals surface area contributed by atoms with Crippen molar-refractivity contribution in [1.82, 2.24) is 19.9 Å². The van der Waals surface area contributed by atoms with Crippen LogP contribution in [0, 0.1) is 6.92 Å². The second kappa shape index (κ2) is 7.97. The molecule has 33 heavy (non-hydrogen) atoms.